The molecule has 2 heterocycles. The first-order valence-corrected chi connectivity index (χ1v) is 6.30. The van der Waals surface area contributed by atoms with Crippen LogP contribution in [0.25, 0.3) is 0 Å². The minimum Gasteiger partial charge on any atom is -0.339 e. The number of carbonyl (C=O) groups is 1. The first-order valence-electron chi connectivity index (χ1n) is 6.30. The number of likely N-dealkylation sites (tertiary alicyclic amines) is 1. The number of nitrogens with zero attached hydrogens (tertiary/aromatic N) is 3. The second-order valence-electron chi connectivity index (χ2n) is 5.14. The van der Waals surface area contributed by atoms with Gasteiger partial charge in [-0.3, -0.25) is 9.48 Å². The quantitative estimate of drug-likeness (QED) is 0.745. The summed E-state index contributed by atoms with van der Waals surface area (Å²) in [6.45, 7) is 7.89. The van der Waals surface area contributed by atoms with Crippen molar-refractivity contribution in [3.63, 3.8) is 0 Å². The monoisotopic (exact) mass is 235 g/mol. The third kappa shape index (κ3) is 2.21. The largest absolute Gasteiger partial charge is 0.339 e. The Hall–Kier alpha value is -1.32. The molecule has 1 aliphatic heterocycles. The molecular formula is C13H21N3O. The van der Waals surface area contributed by atoms with Crippen molar-refractivity contribution in [2.24, 2.45) is 13.0 Å². The third-order valence-corrected chi connectivity index (χ3v) is 3.79. The maximum absolute atomic E-state index is 12.4. The van der Waals surface area contributed by atoms with E-state index in [9.17, 15) is 4.79 Å². The van der Waals surface area contributed by atoms with Crippen molar-refractivity contribution in [1.29, 1.82) is 0 Å². The summed E-state index contributed by atoms with van der Waals surface area (Å²) < 4.78 is 1.79. The molecule has 0 saturated carbocycles. The van der Waals surface area contributed by atoms with Gasteiger partial charge in [0.05, 0.1) is 11.3 Å². The van der Waals surface area contributed by atoms with E-state index in [1.807, 2.05) is 25.8 Å². The van der Waals surface area contributed by atoms with Crippen LogP contribution in [0.15, 0.2) is 0 Å². The van der Waals surface area contributed by atoms with Crippen molar-refractivity contribution >= 4 is 5.91 Å². The summed E-state index contributed by atoms with van der Waals surface area (Å²) in [4.78, 5) is 14.4. The molecule has 0 unspecified atom stereocenters. The summed E-state index contributed by atoms with van der Waals surface area (Å²) in [7, 11) is 1.89. The molecule has 0 aromatic carbocycles. The lowest BCUT2D eigenvalue weighted by molar-refractivity contribution is 0.0695. The highest BCUT2D eigenvalue weighted by Crippen LogP contribution is 2.20. The van der Waals surface area contributed by atoms with E-state index in [4.69, 9.17) is 0 Å². The summed E-state index contributed by atoms with van der Waals surface area (Å²) in [5, 5.41) is 4.31. The number of hydrogen-bond donors (Lipinski definition) is 0. The van der Waals surface area contributed by atoms with Gasteiger partial charge in [-0.2, -0.15) is 5.10 Å². The minimum atomic E-state index is 0.153. The molecule has 4 nitrogen and oxygen atoms in total. The van der Waals surface area contributed by atoms with Crippen molar-refractivity contribution in [1.82, 2.24) is 14.7 Å². The molecule has 4 heteroatoms. The van der Waals surface area contributed by atoms with Crippen molar-refractivity contribution < 1.29 is 4.79 Å². The van der Waals surface area contributed by atoms with Crippen LogP contribution in [0.1, 0.15) is 41.5 Å². The van der Waals surface area contributed by atoms with Gasteiger partial charge in [-0.25, -0.2) is 0 Å². The predicted molar refractivity (Wildman–Crippen MR) is 67.0 cm³/mol. The zero-order chi connectivity index (χ0) is 12.6. The van der Waals surface area contributed by atoms with Crippen LogP contribution in [0.3, 0.4) is 0 Å². The molecule has 17 heavy (non-hydrogen) atoms. The van der Waals surface area contributed by atoms with Crippen molar-refractivity contribution in [3.05, 3.63) is 17.0 Å². The molecule has 0 aliphatic carbocycles. The number of amides is 1. The number of carbonyl (C=O) groups excluding carboxylic acids is 1. The van der Waals surface area contributed by atoms with Crippen molar-refractivity contribution in [2.75, 3.05) is 13.1 Å². The summed E-state index contributed by atoms with van der Waals surface area (Å²) >= 11 is 0. The number of rotatable bonds is 1. The van der Waals surface area contributed by atoms with Crippen LogP contribution >= 0.6 is 0 Å². The first kappa shape index (κ1) is 12.1. The van der Waals surface area contributed by atoms with Gasteiger partial charge in [0.2, 0.25) is 0 Å². The number of aromatic nitrogens is 2. The van der Waals surface area contributed by atoms with E-state index in [0.717, 1.165) is 48.8 Å². The second kappa shape index (κ2) is 4.51. The lowest BCUT2D eigenvalue weighted by atomic mass is 9.98. The lowest BCUT2D eigenvalue weighted by Gasteiger charge is -2.30. The van der Waals surface area contributed by atoms with E-state index in [1.54, 1.807) is 4.68 Å². The van der Waals surface area contributed by atoms with Gasteiger partial charge >= 0.3 is 0 Å². The van der Waals surface area contributed by atoms with Gasteiger partial charge < -0.3 is 4.90 Å². The van der Waals surface area contributed by atoms with Crippen LogP contribution in [0, 0.1) is 19.8 Å². The smallest absolute Gasteiger partial charge is 0.257 e. The zero-order valence-electron chi connectivity index (χ0n) is 11.2. The Bertz CT molecular complexity index is 428. The Labute approximate surface area is 103 Å². The highest BCUT2D eigenvalue weighted by atomic mass is 16.2. The predicted octanol–water partition coefficient (Wildman–Crippen LogP) is 1.91. The first-order chi connectivity index (χ1) is 8.00. The van der Waals surface area contributed by atoms with Crippen LogP contribution in [0.2, 0.25) is 0 Å². The average molecular weight is 235 g/mol. The van der Waals surface area contributed by atoms with Gasteiger partial charge in [0, 0.05) is 25.8 Å². The standard InChI is InChI=1S/C13H21N3O/c1-9-5-7-16(8-6-9)13(17)12-10(2)14-15(4)11(12)3/h9H,5-8H2,1-4H3. The van der Waals surface area contributed by atoms with Crippen LogP contribution in [0.4, 0.5) is 0 Å². The van der Waals surface area contributed by atoms with Gasteiger partial charge in [-0.05, 0) is 32.6 Å². The summed E-state index contributed by atoms with van der Waals surface area (Å²) in [5.41, 5.74) is 2.60. The maximum atomic E-state index is 12.4. The van der Waals surface area contributed by atoms with E-state index in [0.29, 0.717) is 0 Å². The highest BCUT2D eigenvalue weighted by Gasteiger charge is 2.25. The van der Waals surface area contributed by atoms with Crippen LogP contribution in [-0.2, 0) is 7.05 Å². The lowest BCUT2D eigenvalue weighted by Crippen LogP contribution is -2.38. The van der Waals surface area contributed by atoms with Gasteiger partial charge in [-0.15, -0.1) is 0 Å². The number of hydrogen-bond acceptors (Lipinski definition) is 2. The Balaban J connectivity index is 2.20. The average Bonchev–Trinajstić information content (AvgIpc) is 2.53. The molecule has 1 saturated heterocycles. The maximum Gasteiger partial charge on any atom is 0.257 e. The Morgan fingerprint density at radius 3 is 2.35 bits per heavy atom. The molecule has 1 fully saturated rings. The fourth-order valence-electron chi connectivity index (χ4n) is 2.45. The van der Waals surface area contributed by atoms with E-state index in [-0.39, 0.29) is 5.91 Å². The van der Waals surface area contributed by atoms with Gasteiger partial charge in [0.15, 0.2) is 0 Å². The topological polar surface area (TPSA) is 38.1 Å². The third-order valence-electron chi connectivity index (χ3n) is 3.79. The molecule has 1 aromatic heterocycles. The molecule has 1 amide bonds. The van der Waals surface area contributed by atoms with Gasteiger partial charge in [-0.1, -0.05) is 6.92 Å². The van der Waals surface area contributed by atoms with E-state index in [1.165, 1.54) is 0 Å². The van der Waals surface area contributed by atoms with E-state index < -0.39 is 0 Å². The Morgan fingerprint density at radius 2 is 1.88 bits per heavy atom. The Kier molecular flexibility index (Phi) is 3.22. The number of piperidine rings is 1. The summed E-state index contributed by atoms with van der Waals surface area (Å²) in [6.07, 6.45) is 2.23. The molecule has 0 spiro atoms. The Morgan fingerprint density at radius 1 is 1.29 bits per heavy atom. The summed E-state index contributed by atoms with van der Waals surface area (Å²) in [5.74, 6) is 0.898. The number of aryl methyl sites for hydroxylation is 2. The van der Waals surface area contributed by atoms with Crippen LogP contribution in [0.5, 0.6) is 0 Å². The molecule has 1 aliphatic rings. The van der Waals surface area contributed by atoms with Crippen LogP contribution in [-0.4, -0.2) is 33.7 Å². The normalized spacial score (nSPS) is 17.5. The highest BCUT2D eigenvalue weighted by molar-refractivity contribution is 5.96. The second-order valence-corrected chi connectivity index (χ2v) is 5.14. The van der Waals surface area contributed by atoms with E-state index in [2.05, 4.69) is 12.0 Å². The molecular weight excluding hydrogens is 214 g/mol. The fraction of sp³-hybridized carbons (Fsp3) is 0.692. The molecule has 1 aromatic rings. The SMILES string of the molecule is Cc1nn(C)c(C)c1C(=O)N1CCC(C)CC1. The molecule has 0 atom stereocenters. The minimum absolute atomic E-state index is 0.153. The molecule has 0 N–H and O–H groups in total. The molecule has 94 valence electrons. The molecule has 0 radical (unpaired) electrons. The molecule has 2 rings (SSSR count). The van der Waals surface area contributed by atoms with Crippen molar-refractivity contribution in [2.45, 2.75) is 33.6 Å². The van der Waals surface area contributed by atoms with Crippen LogP contribution < -0.4 is 0 Å². The fourth-order valence-corrected chi connectivity index (χ4v) is 2.45. The van der Waals surface area contributed by atoms with Crippen molar-refractivity contribution in [3.8, 4) is 0 Å². The molecule has 0 bridgehead atoms. The van der Waals surface area contributed by atoms with Gasteiger partial charge in [0.1, 0.15) is 0 Å². The van der Waals surface area contributed by atoms with E-state index >= 15 is 0 Å². The summed E-state index contributed by atoms with van der Waals surface area (Å²) in [6, 6.07) is 0. The van der Waals surface area contributed by atoms with Gasteiger partial charge in [0.25, 0.3) is 5.91 Å². The zero-order valence-corrected chi connectivity index (χ0v) is 11.2.